The number of rotatable bonds is 5. The SMILES string of the molecule is CC1CC1c1ccc(CCC(=O)Nc2cn[nH]c2)o1. The fraction of sp³-hybridized carbons (Fsp3) is 0.429. The van der Waals surface area contributed by atoms with Gasteiger partial charge in [-0.05, 0) is 24.5 Å². The Hall–Kier alpha value is -2.04. The molecule has 1 amide bonds. The van der Waals surface area contributed by atoms with Gasteiger partial charge in [-0.25, -0.2) is 0 Å². The zero-order valence-electron chi connectivity index (χ0n) is 10.8. The van der Waals surface area contributed by atoms with Crippen molar-refractivity contribution in [1.29, 1.82) is 0 Å². The highest BCUT2D eigenvalue weighted by Crippen LogP contribution is 2.47. The lowest BCUT2D eigenvalue weighted by molar-refractivity contribution is -0.116. The summed E-state index contributed by atoms with van der Waals surface area (Å²) in [6, 6.07) is 4.02. The number of furan rings is 1. The van der Waals surface area contributed by atoms with Gasteiger partial charge in [-0.1, -0.05) is 6.92 Å². The number of aryl methyl sites for hydroxylation is 1. The van der Waals surface area contributed by atoms with Crippen LogP contribution in [-0.2, 0) is 11.2 Å². The highest BCUT2D eigenvalue weighted by Gasteiger charge is 2.36. The number of amides is 1. The van der Waals surface area contributed by atoms with Gasteiger partial charge in [0.1, 0.15) is 11.5 Å². The molecule has 1 aliphatic rings. The van der Waals surface area contributed by atoms with E-state index in [2.05, 4.69) is 22.4 Å². The van der Waals surface area contributed by atoms with Crippen molar-refractivity contribution in [3.05, 3.63) is 36.0 Å². The van der Waals surface area contributed by atoms with Crippen LogP contribution in [0.3, 0.4) is 0 Å². The number of nitrogens with one attached hydrogen (secondary N) is 2. The summed E-state index contributed by atoms with van der Waals surface area (Å²) in [5, 5.41) is 9.19. The average Bonchev–Trinajstić information content (AvgIpc) is 2.87. The molecule has 5 heteroatoms. The minimum atomic E-state index is -0.0286. The number of nitrogens with zero attached hydrogens (tertiary/aromatic N) is 1. The van der Waals surface area contributed by atoms with Gasteiger partial charge in [0.15, 0.2) is 0 Å². The molecule has 1 fully saturated rings. The molecule has 19 heavy (non-hydrogen) atoms. The molecule has 0 aliphatic heterocycles. The van der Waals surface area contributed by atoms with E-state index in [1.165, 1.54) is 6.42 Å². The van der Waals surface area contributed by atoms with Gasteiger partial charge >= 0.3 is 0 Å². The number of anilines is 1. The molecule has 2 heterocycles. The maximum absolute atomic E-state index is 11.7. The molecule has 2 aromatic heterocycles. The molecule has 1 saturated carbocycles. The number of hydrogen-bond acceptors (Lipinski definition) is 3. The Morgan fingerprint density at radius 2 is 2.42 bits per heavy atom. The standard InChI is InChI=1S/C14H17N3O2/c1-9-6-12(9)13-4-2-11(19-13)3-5-14(18)17-10-7-15-16-8-10/h2,4,7-9,12H,3,5-6H2,1H3,(H,15,16)(H,17,18). The second-order valence-corrected chi connectivity index (χ2v) is 5.16. The number of H-pyrrole nitrogens is 1. The first-order valence-corrected chi connectivity index (χ1v) is 6.59. The quantitative estimate of drug-likeness (QED) is 0.867. The molecule has 2 aromatic rings. The fourth-order valence-corrected chi connectivity index (χ4v) is 2.23. The van der Waals surface area contributed by atoms with Crippen molar-refractivity contribution in [2.24, 2.45) is 5.92 Å². The number of aromatic nitrogens is 2. The van der Waals surface area contributed by atoms with Crippen LogP contribution in [0.1, 0.15) is 37.2 Å². The lowest BCUT2D eigenvalue weighted by Gasteiger charge is -2.00. The zero-order valence-corrected chi connectivity index (χ0v) is 10.8. The van der Waals surface area contributed by atoms with E-state index in [1.807, 2.05) is 12.1 Å². The van der Waals surface area contributed by atoms with Crippen molar-refractivity contribution in [3.8, 4) is 0 Å². The number of hydrogen-bond donors (Lipinski definition) is 2. The molecular formula is C14H17N3O2. The minimum absolute atomic E-state index is 0.0286. The van der Waals surface area contributed by atoms with E-state index in [0.717, 1.165) is 17.4 Å². The molecule has 2 atom stereocenters. The van der Waals surface area contributed by atoms with Crippen molar-refractivity contribution < 1.29 is 9.21 Å². The third-order valence-electron chi connectivity index (χ3n) is 3.54. The Morgan fingerprint density at radius 1 is 1.58 bits per heavy atom. The lowest BCUT2D eigenvalue weighted by Crippen LogP contribution is -2.11. The van der Waals surface area contributed by atoms with Gasteiger partial charge in [0.05, 0.1) is 11.9 Å². The Morgan fingerprint density at radius 3 is 3.11 bits per heavy atom. The van der Waals surface area contributed by atoms with Gasteiger partial charge in [0.25, 0.3) is 0 Å². The average molecular weight is 259 g/mol. The Labute approximate surface area is 111 Å². The van der Waals surface area contributed by atoms with Crippen LogP contribution in [-0.4, -0.2) is 16.1 Å². The molecule has 100 valence electrons. The summed E-state index contributed by atoms with van der Waals surface area (Å²) in [6.45, 7) is 2.23. The largest absolute Gasteiger partial charge is 0.466 e. The second-order valence-electron chi connectivity index (χ2n) is 5.16. The van der Waals surface area contributed by atoms with E-state index in [0.29, 0.717) is 24.4 Å². The Balaban J connectivity index is 1.49. The van der Waals surface area contributed by atoms with Gasteiger partial charge in [0, 0.05) is 25.0 Å². The van der Waals surface area contributed by atoms with E-state index in [-0.39, 0.29) is 5.91 Å². The van der Waals surface area contributed by atoms with Crippen molar-refractivity contribution in [2.75, 3.05) is 5.32 Å². The van der Waals surface area contributed by atoms with Gasteiger partial charge < -0.3 is 9.73 Å². The lowest BCUT2D eigenvalue weighted by atomic mass is 10.2. The maximum atomic E-state index is 11.7. The van der Waals surface area contributed by atoms with Crippen LogP contribution in [0.15, 0.2) is 28.9 Å². The molecule has 3 rings (SSSR count). The molecule has 1 aliphatic carbocycles. The summed E-state index contributed by atoms with van der Waals surface area (Å²) in [7, 11) is 0. The fourth-order valence-electron chi connectivity index (χ4n) is 2.23. The Kier molecular flexibility index (Phi) is 3.11. The third kappa shape index (κ3) is 2.86. The normalized spacial score (nSPS) is 21.3. The zero-order chi connectivity index (χ0) is 13.2. The van der Waals surface area contributed by atoms with E-state index < -0.39 is 0 Å². The van der Waals surface area contributed by atoms with Gasteiger partial charge in [-0.2, -0.15) is 5.10 Å². The molecule has 2 unspecified atom stereocenters. The first-order valence-electron chi connectivity index (χ1n) is 6.59. The smallest absolute Gasteiger partial charge is 0.224 e. The van der Waals surface area contributed by atoms with E-state index in [1.54, 1.807) is 12.4 Å². The molecule has 0 aromatic carbocycles. The Bertz CT molecular complexity index is 559. The van der Waals surface area contributed by atoms with E-state index >= 15 is 0 Å². The topological polar surface area (TPSA) is 70.9 Å². The van der Waals surface area contributed by atoms with Crippen molar-refractivity contribution in [1.82, 2.24) is 10.2 Å². The first kappa shape index (κ1) is 12.0. The van der Waals surface area contributed by atoms with Crippen LogP contribution < -0.4 is 5.32 Å². The van der Waals surface area contributed by atoms with Crippen LogP contribution in [0, 0.1) is 5.92 Å². The summed E-state index contributed by atoms with van der Waals surface area (Å²) in [5.74, 6) is 3.25. The summed E-state index contributed by atoms with van der Waals surface area (Å²) in [6.07, 6.45) is 5.49. The van der Waals surface area contributed by atoms with Gasteiger partial charge in [-0.3, -0.25) is 9.89 Å². The number of carbonyl (C=O) groups is 1. The second kappa shape index (κ2) is 4.91. The molecular weight excluding hydrogens is 242 g/mol. The predicted molar refractivity (Wildman–Crippen MR) is 70.8 cm³/mol. The molecule has 0 spiro atoms. The maximum Gasteiger partial charge on any atom is 0.224 e. The van der Waals surface area contributed by atoms with Crippen LogP contribution in [0.5, 0.6) is 0 Å². The first-order chi connectivity index (χ1) is 9.22. The van der Waals surface area contributed by atoms with Crippen LogP contribution in [0.25, 0.3) is 0 Å². The van der Waals surface area contributed by atoms with Crippen molar-refractivity contribution >= 4 is 11.6 Å². The monoisotopic (exact) mass is 259 g/mol. The van der Waals surface area contributed by atoms with E-state index in [9.17, 15) is 4.79 Å². The van der Waals surface area contributed by atoms with E-state index in [4.69, 9.17) is 4.42 Å². The molecule has 0 bridgehead atoms. The third-order valence-corrected chi connectivity index (χ3v) is 3.54. The minimum Gasteiger partial charge on any atom is -0.466 e. The molecule has 0 radical (unpaired) electrons. The van der Waals surface area contributed by atoms with Crippen molar-refractivity contribution in [2.45, 2.75) is 32.1 Å². The summed E-state index contributed by atoms with van der Waals surface area (Å²) in [4.78, 5) is 11.7. The number of aromatic amines is 1. The van der Waals surface area contributed by atoms with Gasteiger partial charge in [0.2, 0.25) is 5.91 Å². The highest BCUT2D eigenvalue weighted by atomic mass is 16.3. The van der Waals surface area contributed by atoms with Crippen LogP contribution >= 0.6 is 0 Å². The summed E-state index contributed by atoms with van der Waals surface area (Å²) < 4.78 is 5.77. The van der Waals surface area contributed by atoms with Crippen molar-refractivity contribution in [3.63, 3.8) is 0 Å². The molecule has 0 saturated heterocycles. The number of carbonyl (C=O) groups excluding carboxylic acids is 1. The van der Waals surface area contributed by atoms with Crippen LogP contribution in [0.2, 0.25) is 0 Å². The highest BCUT2D eigenvalue weighted by molar-refractivity contribution is 5.90. The molecule has 2 N–H and O–H groups in total. The predicted octanol–water partition coefficient (Wildman–Crippen LogP) is 2.70. The summed E-state index contributed by atoms with van der Waals surface area (Å²) >= 11 is 0. The molecule has 5 nitrogen and oxygen atoms in total. The van der Waals surface area contributed by atoms with Gasteiger partial charge in [-0.15, -0.1) is 0 Å². The van der Waals surface area contributed by atoms with Crippen LogP contribution in [0.4, 0.5) is 5.69 Å². The summed E-state index contributed by atoms with van der Waals surface area (Å²) in [5.41, 5.74) is 0.692.